The van der Waals surface area contributed by atoms with Gasteiger partial charge in [0.2, 0.25) is 5.91 Å². The van der Waals surface area contributed by atoms with Crippen LogP contribution in [0.4, 0.5) is 0 Å². The van der Waals surface area contributed by atoms with E-state index in [-0.39, 0.29) is 11.8 Å². The fourth-order valence-electron chi connectivity index (χ4n) is 1.38. The molecule has 1 aromatic carbocycles. The van der Waals surface area contributed by atoms with Gasteiger partial charge in [0.1, 0.15) is 0 Å². The highest BCUT2D eigenvalue weighted by Gasteiger charge is 2.18. The van der Waals surface area contributed by atoms with E-state index >= 15 is 0 Å². The summed E-state index contributed by atoms with van der Waals surface area (Å²) in [6.07, 6.45) is 0.527. The van der Waals surface area contributed by atoms with Gasteiger partial charge in [-0.05, 0) is 24.6 Å². The Balaban J connectivity index is 2.99. The maximum atomic E-state index is 11.2. The van der Waals surface area contributed by atoms with E-state index in [0.29, 0.717) is 18.0 Å². The van der Waals surface area contributed by atoms with Crippen molar-refractivity contribution in [3.05, 3.63) is 34.9 Å². The molecule has 0 saturated heterocycles. The van der Waals surface area contributed by atoms with Crippen LogP contribution in [0.1, 0.15) is 17.9 Å². The SMILES string of the molecule is NCCC(C(N)=O)c1ccccc1Cl. The van der Waals surface area contributed by atoms with Crippen molar-refractivity contribution in [1.82, 2.24) is 0 Å². The summed E-state index contributed by atoms with van der Waals surface area (Å²) in [4.78, 5) is 11.2. The minimum Gasteiger partial charge on any atom is -0.369 e. The number of carbonyl (C=O) groups is 1. The molecule has 0 bridgehead atoms. The van der Waals surface area contributed by atoms with E-state index in [1.165, 1.54) is 0 Å². The Bertz CT molecular complexity index is 328. The molecule has 0 fully saturated rings. The average Bonchev–Trinajstić information content (AvgIpc) is 2.15. The number of hydrogen-bond acceptors (Lipinski definition) is 2. The molecule has 1 amide bonds. The monoisotopic (exact) mass is 212 g/mol. The molecular weight excluding hydrogens is 200 g/mol. The van der Waals surface area contributed by atoms with Gasteiger partial charge in [0, 0.05) is 5.02 Å². The van der Waals surface area contributed by atoms with Gasteiger partial charge in [0.25, 0.3) is 0 Å². The highest BCUT2D eigenvalue weighted by molar-refractivity contribution is 6.31. The van der Waals surface area contributed by atoms with Gasteiger partial charge in [-0.25, -0.2) is 0 Å². The largest absolute Gasteiger partial charge is 0.369 e. The summed E-state index contributed by atoms with van der Waals surface area (Å²) in [7, 11) is 0. The maximum absolute atomic E-state index is 11.2. The summed E-state index contributed by atoms with van der Waals surface area (Å²) >= 11 is 5.95. The summed E-state index contributed by atoms with van der Waals surface area (Å²) in [6, 6.07) is 7.18. The molecule has 0 radical (unpaired) electrons. The normalized spacial score (nSPS) is 12.4. The first-order valence-electron chi connectivity index (χ1n) is 4.40. The van der Waals surface area contributed by atoms with Crippen LogP contribution in [-0.2, 0) is 4.79 Å². The van der Waals surface area contributed by atoms with E-state index in [1.54, 1.807) is 12.1 Å². The third-order valence-corrected chi connectivity index (χ3v) is 2.42. The fraction of sp³-hybridized carbons (Fsp3) is 0.300. The molecule has 4 N–H and O–H groups in total. The highest BCUT2D eigenvalue weighted by atomic mass is 35.5. The average molecular weight is 213 g/mol. The topological polar surface area (TPSA) is 69.1 Å². The van der Waals surface area contributed by atoms with Gasteiger partial charge in [0.15, 0.2) is 0 Å². The van der Waals surface area contributed by atoms with Crippen LogP contribution in [-0.4, -0.2) is 12.5 Å². The molecule has 1 rings (SSSR count). The zero-order chi connectivity index (χ0) is 10.6. The molecule has 0 saturated carbocycles. The lowest BCUT2D eigenvalue weighted by Gasteiger charge is -2.13. The van der Waals surface area contributed by atoms with E-state index in [9.17, 15) is 4.79 Å². The highest BCUT2D eigenvalue weighted by Crippen LogP contribution is 2.26. The molecule has 0 aromatic heterocycles. The molecule has 0 spiro atoms. The van der Waals surface area contributed by atoms with Crippen molar-refractivity contribution < 1.29 is 4.79 Å². The molecule has 0 heterocycles. The number of primary amides is 1. The summed E-state index contributed by atoms with van der Waals surface area (Å²) in [6.45, 7) is 0.416. The molecule has 1 atom stereocenters. The predicted molar refractivity (Wildman–Crippen MR) is 57.1 cm³/mol. The van der Waals surface area contributed by atoms with Gasteiger partial charge < -0.3 is 11.5 Å². The molecule has 1 unspecified atom stereocenters. The van der Waals surface area contributed by atoms with Crippen LogP contribution < -0.4 is 11.5 Å². The van der Waals surface area contributed by atoms with E-state index < -0.39 is 0 Å². The van der Waals surface area contributed by atoms with Crippen LogP contribution in [0.5, 0.6) is 0 Å². The second kappa shape index (κ2) is 4.98. The van der Waals surface area contributed by atoms with Crippen LogP contribution >= 0.6 is 11.6 Å². The van der Waals surface area contributed by atoms with E-state index in [1.807, 2.05) is 12.1 Å². The Morgan fingerprint density at radius 2 is 2.07 bits per heavy atom. The number of carbonyl (C=O) groups excluding carboxylic acids is 1. The minimum atomic E-state index is -0.386. The van der Waals surface area contributed by atoms with Gasteiger partial charge in [-0.15, -0.1) is 0 Å². The fourth-order valence-corrected chi connectivity index (χ4v) is 1.64. The summed E-state index contributed by atoms with van der Waals surface area (Å²) < 4.78 is 0. The second-order valence-corrected chi connectivity index (χ2v) is 3.46. The van der Waals surface area contributed by atoms with Crippen molar-refractivity contribution in [3.8, 4) is 0 Å². The molecule has 76 valence electrons. The Hall–Kier alpha value is -1.06. The molecule has 3 nitrogen and oxygen atoms in total. The Kier molecular flexibility index (Phi) is 3.92. The zero-order valence-electron chi connectivity index (χ0n) is 7.74. The van der Waals surface area contributed by atoms with Crippen LogP contribution in [0, 0.1) is 0 Å². The lowest BCUT2D eigenvalue weighted by atomic mass is 9.95. The summed E-state index contributed by atoms with van der Waals surface area (Å²) in [5.74, 6) is -0.766. The third-order valence-electron chi connectivity index (χ3n) is 2.08. The maximum Gasteiger partial charge on any atom is 0.225 e. The first-order valence-corrected chi connectivity index (χ1v) is 4.78. The number of amides is 1. The van der Waals surface area contributed by atoms with Crippen molar-refractivity contribution in [3.63, 3.8) is 0 Å². The lowest BCUT2D eigenvalue weighted by Crippen LogP contribution is -2.24. The Morgan fingerprint density at radius 3 is 2.57 bits per heavy atom. The standard InChI is InChI=1S/C10H13ClN2O/c11-9-4-2-1-3-7(9)8(5-6-12)10(13)14/h1-4,8H,5-6,12H2,(H2,13,14). The number of hydrogen-bond donors (Lipinski definition) is 2. The second-order valence-electron chi connectivity index (χ2n) is 3.05. The van der Waals surface area contributed by atoms with E-state index in [0.717, 1.165) is 5.56 Å². The quantitative estimate of drug-likeness (QED) is 0.789. The number of rotatable bonds is 4. The van der Waals surface area contributed by atoms with Crippen molar-refractivity contribution >= 4 is 17.5 Å². The summed E-state index contributed by atoms with van der Waals surface area (Å²) in [5, 5.41) is 0.560. The zero-order valence-corrected chi connectivity index (χ0v) is 8.50. The Labute approximate surface area is 88.0 Å². The number of nitrogens with two attached hydrogens (primary N) is 2. The molecule has 14 heavy (non-hydrogen) atoms. The van der Waals surface area contributed by atoms with Crippen LogP contribution in [0.25, 0.3) is 0 Å². The van der Waals surface area contributed by atoms with Gasteiger partial charge in [0.05, 0.1) is 5.92 Å². The van der Waals surface area contributed by atoms with Gasteiger partial charge in [-0.2, -0.15) is 0 Å². The van der Waals surface area contributed by atoms with Gasteiger partial charge >= 0.3 is 0 Å². The smallest absolute Gasteiger partial charge is 0.225 e. The minimum absolute atomic E-state index is 0.381. The molecule has 0 aliphatic heterocycles. The Morgan fingerprint density at radius 1 is 1.43 bits per heavy atom. The van der Waals surface area contributed by atoms with Gasteiger partial charge in [-0.1, -0.05) is 29.8 Å². The van der Waals surface area contributed by atoms with Crippen molar-refractivity contribution in [2.45, 2.75) is 12.3 Å². The van der Waals surface area contributed by atoms with Gasteiger partial charge in [-0.3, -0.25) is 4.79 Å². The predicted octanol–water partition coefficient (Wildman–Crippen LogP) is 1.26. The molecular formula is C10H13ClN2O. The van der Waals surface area contributed by atoms with E-state index in [2.05, 4.69) is 0 Å². The molecule has 4 heteroatoms. The van der Waals surface area contributed by atoms with E-state index in [4.69, 9.17) is 23.1 Å². The van der Waals surface area contributed by atoms with Crippen molar-refractivity contribution in [2.24, 2.45) is 11.5 Å². The molecule has 0 aliphatic carbocycles. The first-order chi connectivity index (χ1) is 6.66. The number of halogens is 1. The first kappa shape index (κ1) is 11.0. The van der Waals surface area contributed by atoms with Crippen LogP contribution in [0.3, 0.4) is 0 Å². The lowest BCUT2D eigenvalue weighted by molar-refractivity contribution is -0.119. The van der Waals surface area contributed by atoms with Crippen LogP contribution in [0.15, 0.2) is 24.3 Å². The summed E-state index contributed by atoms with van der Waals surface area (Å²) in [5.41, 5.74) is 11.4. The third kappa shape index (κ3) is 2.47. The number of benzene rings is 1. The molecule has 1 aromatic rings. The van der Waals surface area contributed by atoms with Crippen molar-refractivity contribution in [2.75, 3.05) is 6.54 Å². The van der Waals surface area contributed by atoms with Crippen LogP contribution in [0.2, 0.25) is 5.02 Å². The van der Waals surface area contributed by atoms with Crippen molar-refractivity contribution in [1.29, 1.82) is 0 Å². The molecule has 0 aliphatic rings.